The summed E-state index contributed by atoms with van der Waals surface area (Å²) in [5.41, 5.74) is 5.79. The van der Waals surface area contributed by atoms with Gasteiger partial charge in [-0.3, -0.25) is 4.79 Å². The first-order chi connectivity index (χ1) is 19.1. The largest absolute Gasteiger partial charge is 0.453 e. The molecular formula is C30H34F2N4O4. The molecule has 0 radical (unpaired) electrons. The van der Waals surface area contributed by atoms with Crippen molar-refractivity contribution in [2.45, 2.75) is 38.2 Å². The van der Waals surface area contributed by atoms with Gasteiger partial charge in [-0.25, -0.2) is 18.6 Å². The number of likely N-dealkylation sites (tertiary alicyclic amines) is 1. The summed E-state index contributed by atoms with van der Waals surface area (Å²) in [6.07, 6.45) is 2.50. The van der Waals surface area contributed by atoms with Crippen LogP contribution < -0.4 is 11.1 Å². The summed E-state index contributed by atoms with van der Waals surface area (Å²) < 4.78 is 34.6. The molecule has 2 amide bonds. The molecule has 4 rings (SSSR count). The predicted molar refractivity (Wildman–Crippen MR) is 147 cm³/mol. The molecule has 1 saturated heterocycles. The van der Waals surface area contributed by atoms with Gasteiger partial charge in [0.25, 0.3) is 5.91 Å². The third kappa shape index (κ3) is 6.39. The summed E-state index contributed by atoms with van der Waals surface area (Å²) >= 11 is 0. The number of carbonyl (C=O) groups is 2. The Hall–Kier alpha value is -4.05. The lowest BCUT2D eigenvalue weighted by molar-refractivity contribution is -0.0564. The van der Waals surface area contributed by atoms with Crippen molar-refractivity contribution in [1.29, 1.82) is 0 Å². The second-order valence-corrected chi connectivity index (χ2v) is 10.2. The number of nitrogen functional groups attached to an aromatic ring is 1. The minimum absolute atomic E-state index is 0.111. The zero-order valence-corrected chi connectivity index (χ0v) is 22.6. The minimum atomic E-state index is -1.60. The highest BCUT2D eigenvalue weighted by Crippen LogP contribution is 2.44. The number of hydrogen-bond acceptors (Lipinski definition) is 6. The second kappa shape index (κ2) is 12.4. The van der Waals surface area contributed by atoms with E-state index in [4.69, 9.17) is 5.73 Å². The maximum atomic E-state index is 15.5. The van der Waals surface area contributed by atoms with Crippen molar-refractivity contribution < 1.29 is 28.2 Å². The third-order valence-corrected chi connectivity index (χ3v) is 7.42. The Morgan fingerprint density at radius 1 is 1.23 bits per heavy atom. The molecule has 40 heavy (non-hydrogen) atoms. The summed E-state index contributed by atoms with van der Waals surface area (Å²) in [6, 6.07) is 11.9. The maximum Gasteiger partial charge on any atom is 0.406 e. The van der Waals surface area contributed by atoms with Gasteiger partial charge in [-0.1, -0.05) is 18.2 Å². The molecule has 1 aliphatic rings. The number of aromatic nitrogens is 1. The van der Waals surface area contributed by atoms with Crippen LogP contribution in [-0.2, 0) is 10.3 Å². The fraction of sp³-hybridized carbons (Fsp3) is 0.367. The lowest BCUT2D eigenvalue weighted by Gasteiger charge is -2.43. The van der Waals surface area contributed by atoms with E-state index in [0.717, 1.165) is 0 Å². The molecule has 2 aromatic carbocycles. The molecule has 2 heterocycles. The van der Waals surface area contributed by atoms with Crippen LogP contribution >= 0.6 is 0 Å². The first kappa shape index (κ1) is 28.9. The van der Waals surface area contributed by atoms with Crippen LogP contribution in [0.2, 0.25) is 0 Å². The van der Waals surface area contributed by atoms with Crippen molar-refractivity contribution in [3.63, 3.8) is 0 Å². The van der Waals surface area contributed by atoms with Gasteiger partial charge in [-0.15, -0.1) is 0 Å². The quantitative estimate of drug-likeness (QED) is 0.346. The number of methoxy groups -OCH3 is 1. The molecule has 0 bridgehead atoms. The van der Waals surface area contributed by atoms with Crippen molar-refractivity contribution in [2.75, 3.05) is 32.5 Å². The number of benzene rings is 2. The first-order valence-corrected chi connectivity index (χ1v) is 13.2. The number of piperidine rings is 1. The Labute approximate surface area is 232 Å². The van der Waals surface area contributed by atoms with Crippen LogP contribution in [0.1, 0.15) is 47.2 Å². The van der Waals surface area contributed by atoms with Crippen molar-refractivity contribution in [3.05, 3.63) is 83.1 Å². The maximum absolute atomic E-state index is 15.5. The Morgan fingerprint density at radius 3 is 2.73 bits per heavy atom. The number of rotatable bonds is 8. The van der Waals surface area contributed by atoms with Gasteiger partial charge < -0.3 is 25.8 Å². The molecule has 2 unspecified atom stereocenters. The summed E-state index contributed by atoms with van der Waals surface area (Å²) in [5.74, 6) is -1.52. The zero-order chi connectivity index (χ0) is 28.9. The number of amides is 2. The van der Waals surface area contributed by atoms with Crippen LogP contribution in [0, 0.1) is 24.5 Å². The normalized spacial score (nSPS) is 16.7. The number of alkyl carbamates (subject to hydrolysis) is 1. The molecular weight excluding hydrogens is 518 g/mol. The van der Waals surface area contributed by atoms with Crippen LogP contribution in [0.15, 0.2) is 54.7 Å². The topological polar surface area (TPSA) is 118 Å². The fourth-order valence-electron chi connectivity index (χ4n) is 5.50. The fourth-order valence-corrected chi connectivity index (χ4v) is 5.50. The molecule has 1 fully saturated rings. The summed E-state index contributed by atoms with van der Waals surface area (Å²) in [7, 11) is 1.26. The van der Waals surface area contributed by atoms with Gasteiger partial charge in [-0.05, 0) is 79.6 Å². The lowest BCUT2D eigenvalue weighted by atomic mass is 9.72. The van der Waals surface area contributed by atoms with Gasteiger partial charge in [0.1, 0.15) is 17.5 Å². The van der Waals surface area contributed by atoms with Gasteiger partial charge in [0.15, 0.2) is 0 Å². The molecule has 8 nitrogen and oxygen atoms in total. The van der Waals surface area contributed by atoms with E-state index < -0.39 is 29.2 Å². The molecule has 4 N–H and O–H groups in total. The van der Waals surface area contributed by atoms with Crippen molar-refractivity contribution >= 4 is 17.8 Å². The monoisotopic (exact) mass is 552 g/mol. The molecule has 2 atom stereocenters. The first-order valence-electron chi connectivity index (χ1n) is 13.2. The van der Waals surface area contributed by atoms with Crippen LogP contribution in [0.5, 0.6) is 0 Å². The zero-order valence-electron chi connectivity index (χ0n) is 22.6. The van der Waals surface area contributed by atoms with E-state index in [9.17, 15) is 19.1 Å². The Bertz CT molecular complexity index is 1350. The molecule has 0 spiro atoms. The summed E-state index contributed by atoms with van der Waals surface area (Å²) in [4.78, 5) is 30.6. The molecule has 0 aliphatic carbocycles. The van der Waals surface area contributed by atoms with E-state index in [0.29, 0.717) is 53.9 Å². The average Bonchev–Trinajstić information content (AvgIpc) is 2.94. The number of aliphatic hydroxyl groups is 1. The smallest absolute Gasteiger partial charge is 0.406 e. The average molecular weight is 553 g/mol. The highest BCUT2D eigenvalue weighted by molar-refractivity contribution is 5.94. The van der Waals surface area contributed by atoms with Gasteiger partial charge in [0, 0.05) is 37.3 Å². The SMILES string of the molecule is COC(=O)NCCCC(O)(c1cccc(F)c1-c1cc(C)cc(F)c1)C1CCCN(C(=O)c2ccc(N)nc2)C1. The summed E-state index contributed by atoms with van der Waals surface area (Å²) in [5, 5.41) is 15.1. The number of halogens is 2. The Morgan fingerprint density at radius 2 is 2.02 bits per heavy atom. The van der Waals surface area contributed by atoms with Gasteiger partial charge in [0.05, 0.1) is 18.3 Å². The van der Waals surface area contributed by atoms with E-state index in [2.05, 4.69) is 15.0 Å². The van der Waals surface area contributed by atoms with Crippen molar-refractivity contribution in [3.8, 4) is 11.1 Å². The molecule has 212 valence electrons. The van der Waals surface area contributed by atoms with Gasteiger partial charge in [-0.2, -0.15) is 0 Å². The van der Waals surface area contributed by atoms with E-state index >= 15 is 4.39 Å². The van der Waals surface area contributed by atoms with E-state index in [1.807, 2.05) is 0 Å². The van der Waals surface area contributed by atoms with Crippen molar-refractivity contribution in [2.24, 2.45) is 5.92 Å². The second-order valence-electron chi connectivity index (χ2n) is 10.2. The Balaban J connectivity index is 1.73. The van der Waals surface area contributed by atoms with E-state index in [1.54, 1.807) is 36.1 Å². The van der Waals surface area contributed by atoms with Crippen molar-refractivity contribution in [1.82, 2.24) is 15.2 Å². The number of nitrogens with one attached hydrogen (secondary N) is 1. The van der Waals surface area contributed by atoms with Crippen LogP contribution in [-0.4, -0.2) is 53.7 Å². The molecule has 3 aromatic rings. The molecule has 10 heteroatoms. The highest BCUT2D eigenvalue weighted by Gasteiger charge is 2.43. The van der Waals surface area contributed by atoms with E-state index in [-0.39, 0.29) is 31.0 Å². The van der Waals surface area contributed by atoms with Crippen LogP contribution in [0.4, 0.5) is 19.4 Å². The number of nitrogens with zero attached hydrogens (tertiary/aromatic N) is 2. The number of anilines is 1. The Kier molecular flexibility index (Phi) is 8.99. The molecule has 1 aromatic heterocycles. The number of pyridine rings is 1. The van der Waals surface area contributed by atoms with Crippen LogP contribution in [0.25, 0.3) is 11.1 Å². The standard InChI is InChI=1S/C30H34F2N4O4/c1-19-14-21(16-23(31)15-19)27-24(7-3-8-25(27)32)30(39,11-5-12-34-29(38)40-2)22-6-4-13-36(18-22)28(37)20-9-10-26(33)35-17-20/h3,7-10,14-17,22,39H,4-6,11-13,18H2,1-2H3,(H2,33,35)(H,34,38). The lowest BCUT2D eigenvalue weighted by Crippen LogP contribution is -2.48. The third-order valence-electron chi connectivity index (χ3n) is 7.42. The molecule has 0 saturated carbocycles. The number of hydrogen-bond donors (Lipinski definition) is 3. The van der Waals surface area contributed by atoms with Gasteiger partial charge in [0.2, 0.25) is 0 Å². The number of carbonyl (C=O) groups excluding carboxylic acids is 2. The van der Waals surface area contributed by atoms with Gasteiger partial charge >= 0.3 is 6.09 Å². The summed E-state index contributed by atoms with van der Waals surface area (Å²) in [6.45, 7) is 2.63. The molecule has 1 aliphatic heterocycles. The number of aryl methyl sites for hydroxylation is 1. The number of nitrogens with two attached hydrogens (primary N) is 1. The minimum Gasteiger partial charge on any atom is -0.453 e. The number of ether oxygens (including phenoxy) is 1. The predicted octanol–water partition coefficient (Wildman–Crippen LogP) is 4.79. The van der Waals surface area contributed by atoms with E-state index in [1.165, 1.54) is 37.6 Å². The van der Waals surface area contributed by atoms with Crippen LogP contribution in [0.3, 0.4) is 0 Å². The highest BCUT2D eigenvalue weighted by atomic mass is 19.1.